The number of aliphatic imine (C=N–C) groups is 1. The van der Waals surface area contributed by atoms with Gasteiger partial charge in [-0.15, -0.1) is 24.0 Å². The number of aromatic nitrogens is 1. The lowest BCUT2D eigenvalue weighted by Gasteiger charge is -2.14. The average molecular weight is 369 g/mol. The van der Waals surface area contributed by atoms with Gasteiger partial charge >= 0.3 is 0 Å². The first kappa shape index (κ1) is 16.4. The first-order valence-corrected chi connectivity index (χ1v) is 5.57. The Morgan fingerprint density at radius 2 is 2.18 bits per heavy atom. The molecule has 0 bridgehead atoms. The first-order valence-electron chi connectivity index (χ1n) is 5.19. The van der Waals surface area contributed by atoms with Gasteiger partial charge < -0.3 is 10.6 Å². The summed E-state index contributed by atoms with van der Waals surface area (Å²) in [4.78, 5) is 8.12. The van der Waals surface area contributed by atoms with Crippen LogP contribution in [-0.2, 0) is 6.54 Å². The van der Waals surface area contributed by atoms with E-state index in [0.29, 0.717) is 17.7 Å². The Labute approximate surface area is 124 Å². The monoisotopic (exact) mass is 368 g/mol. The predicted molar refractivity (Wildman–Crippen MR) is 83.1 cm³/mol. The Kier molecular flexibility index (Phi) is 8.24. The van der Waals surface area contributed by atoms with E-state index in [4.69, 9.17) is 11.6 Å². The zero-order valence-corrected chi connectivity index (χ0v) is 13.3. The van der Waals surface area contributed by atoms with Crippen LogP contribution in [0.3, 0.4) is 0 Å². The normalized spacial score (nSPS) is 11.0. The average Bonchev–Trinajstić information content (AvgIpc) is 2.26. The van der Waals surface area contributed by atoms with E-state index in [1.807, 2.05) is 6.07 Å². The highest BCUT2D eigenvalue weighted by atomic mass is 127. The van der Waals surface area contributed by atoms with Crippen LogP contribution in [-0.4, -0.2) is 24.0 Å². The second-order valence-corrected chi connectivity index (χ2v) is 4.10. The molecule has 1 heterocycles. The Balaban J connectivity index is 0.00000256. The van der Waals surface area contributed by atoms with Gasteiger partial charge in [-0.25, -0.2) is 4.98 Å². The van der Waals surface area contributed by atoms with Gasteiger partial charge in [0.25, 0.3) is 0 Å². The summed E-state index contributed by atoms with van der Waals surface area (Å²) in [5, 5.41) is 6.90. The summed E-state index contributed by atoms with van der Waals surface area (Å²) in [6, 6.07) is 4.07. The number of hydrogen-bond acceptors (Lipinski definition) is 2. The summed E-state index contributed by atoms with van der Waals surface area (Å²) in [6.07, 6.45) is 1.75. The topological polar surface area (TPSA) is 49.3 Å². The number of nitrogens with one attached hydrogen (secondary N) is 2. The fourth-order valence-corrected chi connectivity index (χ4v) is 1.28. The number of nitrogens with zero attached hydrogens (tertiary/aromatic N) is 2. The molecule has 96 valence electrons. The van der Waals surface area contributed by atoms with Crippen molar-refractivity contribution in [3.63, 3.8) is 0 Å². The number of hydrogen-bond donors (Lipinski definition) is 2. The molecule has 4 nitrogen and oxygen atoms in total. The van der Waals surface area contributed by atoms with E-state index in [0.717, 1.165) is 11.5 Å². The van der Waals surface area contributed by atoms with Crippen molar-refractivity contribution in [3.8, 4) is 0 Å². The van der Waals surface area contributed by atoms with Gasteiger partial charge in [-0.2, -0.15) is 0 Å². The van der Waals surface area contributed by atoms with Crippen molar-refractivity contribution in [1.82, 2.24) is 15.6 Å². The lowest BCUT2D eigenvalue weighted by atomic mass is 10.3. The molecule has 0 saturated carbocycles. The standard InChI is InChI=1S/C11H17ClN4.HI/c1-8(2)16-11(13-3)15-7-9-4-5-10(12)14-6-9;/h4-6,8H,7H2,1-3H3,(H2,13,15,16);1H. The van der Waals surface area contributed by atoms with E-state index in [9.17, 15) is 0 Å². The van der Waals surface area contributed by atoms with E-state index in [1.54, 1.807) is 19.3 Å². The van der Waals surface area contributed by atoms with Crippen LogP contribution < -0.4 is 10.6 Å². The molecule has 0 radical (unpaired) electrons. The van der Waals surface area contributed by atoms with Crippen molar-refractivity contribution in [1.29, 1.82) is 0 Å². The zero-order valence-electron chi connectivity index (χ0n) is 10.2. The van der Waals surface area contributed by atoms with E-state index in [-0.39, 0.29) is 24.0 Å². The molecule has 1 aromatic rings. The molecule has 1 rings (SSSR count). The second kappa shape index (κ2) is 8.52. The van der Waals surface area contributed by atoms with Crippen molar-refractivity contribution in [2.24, 2.45) is 4.99 Å². The number of rotatable bonds is 3. The van der Waals surface area contributed by atoms with Crippen molar-refractivity contribution in [2.45, 2.75) is 26.4 Å². The first-order chi connectivity index (χ1) is 7.61. The molecule has 1 aromatic heterocycles. The van der Waals surface area contributed by atoms with Crippen LogP contribution in [0.1, 0.15) is 19.4 Å². The third-order valence-corrected chi connectivity index (χ3v) is 2.12. The van der Waals surface area contributed by atoms with Crippen LogP contribution in [0.2, 0.25) is 5.15 Å². The summed E-state index contributed by atoms with van der Waals surface area (Å²) >= 11 is 5.70. The van der Waals surface area contributed by atoms with E-state index >= 15 is 0 Å². The lowest BCUT2D eigenvalue weighted by molar-refractivity contribution is 0.699. The molecule has 2 N–H and O–H groups in total. The quantitative estimate of drug-likeness (QED) is 0.373. The van der Waals surface area contributed by atoms with Crippen LogP contribution >= 0.6 is 35.6 Å². The Morgan fingerprint density at radius 3 is 2.65 bits per heavy atom. The SMILES string of the molecule is CN=C(NCc1ccc(Cl)nc1)NC(C)C.I. The highest BCUT2D eigenvalue weighted by molar-refractivity contribution is 14.0. The molecule has 0 aliphatic carbocycles. The minimum Gasteiger partial charge on any atom is -0.354 e. The van der Waals surface area contributed by atoms with Crippen LogP contribution in [0.25, 0.3) is 0 Å². The number of halogens is 2. The summed E-state index contributed by atoms with van der Waals surface area (Å²) in [5.74, 6) is 0.782. The third kappa shape index (κ3) is 6.68. The van der Waals surface area contributed by atoms with Crippen molar-refractivity contribution in [3.05, 3.63) is 29.0 Å². The van der Waals surface area contributed by atoms with Crippen LogP contribution in [0.4, 0.5) is 0 Å². The highest BCUT2D eigenvalue weighted by Gasteiger charge is 2.00. The molecule has 0 aliphatic heterocycles. The molecule has 17 heavy (non-hydrogen) atoms. The van der Waals surface area contributed by atoms with Gasteiger partial charge in [0.2, 0.25) is 0 Å². The van der Waals surface area contributed by atoms with Crippen LogP contribution in [0, 0.1) is 0 Å². The smallest absolute Gasteiger partial charge is 0.191 e. The van der Waals surface area contributed by atoms with Crippen molar-refractivity contribution >= 4 is 41.5 Å². The molecule has 0 unspecified atom stereocenters. The minimum absolute atomic E-state index is 0. The molecule has 0 aromatic carbocycles. The van der Waals surface area contributed by atoms with Gasteiger partial charge in [0.05, 0.1) is 0 Å². The van der Waals surface area contributed by atoms with Gasteiger partial charge in [0.15, 0.2) is 5.96 Å². The maximum atomic E-state index is 5.70. The van der Waals surface area contributed by atoms with Gasteiger partial charge in [-0.1, -0.05) is 17.7 Å². The Bertz CT molecular complexity index is 351. The summed E-state index contributed by atoms with van der Waals surface area (Å²) in [5.41, 5.74) is 1.07. The van der Waals surface area contributed by atoms with Gasteiger partial charge in [-0.3, -0.25) is 4.99 Å². The van der Waals surface area contributed by atoms with Gasteiger partial charge in [-0.05, 0) is 25.5 Å². The molecule has 0 aliphatic rings. The summed E-state index contributed by atoms with van der Waals surface area (Å²) in [7, 11) is 1.75. The van der Waals surface area contributed by atoms with Gasteiger partial charge in [0, 0.05) is 25.8 Å². The number of pyridine rings is 1. The van der Waals surface area contributed by atoms with Gasteiger partial charge in [0.1, 0.15) is 5.15 Å². The number of guanidine groups is 1. The molecule has 0 saturated heterocycles. The molecule has 0 amide bonds. The Morgan fingerprint density at radius 1 is 1.47 bits per heavy atom. The maximum absolute atomic E-state index is 5.70. The molecule has 0 spiro atoms. The second-order valence-electron chi connectivity index (χ2n) is 3.71. The summed E-state index contributed by atoms with van der Waals surface area (Å²) < 4.78 is 0. The minimum atomic E-state index is 0. The molecular formula is C11H18ClIN4. The third-order valence-electron chi connectivity index (χ3n) is 1.90. The van der Waals surface area contributed by atoms with Crippen molar-refractivity contribution < 1.29 is 0 Å². The summed E-state index contributed by atoms with van der Waals surface area (Å²) in [6.45, 7) is 4.81. The van der Waals surface area contributed by atoms with E-state index in [1.165, 1.54) is 0 Å². The van der Waals surface area contributed by atoms with Crippen LogP contribution in [0.15, 0.2) is 23.3 Å². The van der Waals surface area contributed by atoms with Crippen molar-refractivity contribution in [2.75, 3.05) is 7.05 Å². The fraction of sp³-hybridized carbons (Fsp3) is 0.455. The molecule has 0 atom stereocenters. The predicted octanol–water partition coefficient (Wildman–Crippen LogP) is 2.43. The molecule has 0 fully saturated rings. The fourth-order valence-electron chi connectivity index (χ4n) is 1.16. The van der Waals surface area contributed by atoms with E-state index in [2.05, 4.69) is 34.5 Å². The largest absolute Gasteiger partial charge is 0.354 e. The highest BCUT2D eigenvalue weighted by Crippen LogP contribution is 2.04. The Hall–Kier alpha value is -0.560. The van der Waals surface area contributed by atoms with E-state index < -0.39 is 0 Å². The lowest BCUT2D eigenvalue weighted by Crippen LogP contribution is -2.40. The van der Waals surface area contributed by atoms with Crippen LogP contribution in [0.5, 0.6) is 0 Å². The molecule has 6 heteroatoms. The molecular weight excluding hydrogens is 351 g/mol. The zero-order chi connectivity index (χ0) is 12.0. The maximum Gasteiger partial charge on any atom is 0.191 e.